The summed E-state index contributed by atoms with van der Waals surface area (Å²) in [7, 11) is 0. The molecular formula is C21H27N3O. The smallest absolute Gasteiger partial charge is 0.243 e. The lowest BCUT2D eigenvalue weighted by Crippen LogP contribution is -2.23. The third kappa shape index (κ3) is 4.32. The van der Waals surface area contributed by atoms with Crippen LogP contribution in [0.2, 0.25) is 0 Å². The van der Waals surface area contributed by atoms with Gasteiger partial charge in [-0.25, -0.2) is 0 Å². The van der Waals surface area contributed by atoms with Crippen molar-refractivity contribution in [3.8, 4) is 0 Å². The molecule has 1 aliphatic rings. The van der Waals surface area contributed by atoms with Crippen LogP contribution in [0.3, 0.4) is 0 Å². The van der Waals surface area contributed by atoms with E-state index in [0.717, 1.165) is 35.6 Å². The normalized spacial score (nSPS) is 13.8. The number of rotatable bonds is 5. The molecule has 132 valence electrons. The van der Waals surface area contributed by atoms with Gasteiger partial charge in [0.2, 0.25) is 5.91 Å². The van der Waals surface area contributed by atoms with Crippen LogP contribution in [-0.4, -0.2) is 25.5 Å². The monoisotopic (exact) mass is 337 g/mol. The number of nitrogens with one attached hydrogen (secondary N) is 2. The van der Waals surface area contributed by atoms with Gasteiger partial charge in [-0.3, -0.25) is 4.79 Å². The largest absolute Gasteiger partial charge is 0.376 e. The summed E-state index contributed by atoms with van der Waals surface area (Å²) >= 11 is 0. The fraction of sp³-hybridized carbons (Fsp3) is 0.381. The Morgan fingerprint density at radius 2 is 1.60 bits per heavy atom. The van der Waals surface area contributed by atoms with Gasteiger partial charge in [-0.1, -0.05) is 17.7 Å². The van der Waals surface area contributed by atoms with Crippen LogP contribution in [0.1, 0.15) is 29.5 Å². The highest BCUT2D eigenvalue weighted by molar-refractivity contribution is 5.95. The quantitative estimate of drug-likeness (QED) is 0.857. The van der Waals surface area contributed by atoms with Crippen molar-refractivity contribution in [2.75, 3.05) is 35.2 Å². The van der Waals surface area contributed by atoms with Crippen molar-refractivity contribution in [3.05, 3.63) is 53.1 Å². The first kappa shape index (κ1) is 17.3. The standard InChI is InChI=1S/C21H27N3O/c1-15-12-16(2)21(17(3)13-15)23-20(25)14-22-18-6-8-19(9-7-18)24-10-4-5-11-24/h6-9,12-13,22H,4-5,10-11,14H2,1-3H3,(H,23,25). The molecule has 3 rings (SSSR count). The lowest BCUT2D eigenvalue weighted by Gasteiger charge is -2.18. The summed E-state index contributed by atoms with van der Waals surface area (Å²) in [5.41, 5.74) is 6.56. The number of aryl methyl sites for hydroxylation is 3. The SMILES string of the molecule is Cc1cc(C)c(NC(=O)CNc2ccc(N3CCCC3)cc2)c(C)c1. The van der Waals surface area contributed by atoms with Crippen molar-refractivity contribution in [3.63, 3.8) is 0 Å². The maximum atomic E-state index is 12.3. The number of nitrogens with zero attached hydrogens (tertiary/aromatic N) is 1. The first-order chi connectivity index (χ1) is 12.0. The zero-order chi connectivity index (χ0) is 17.8. The molecule has 2 aromatic rings. The summed E-state index contributed by atoms with van der Waals surface area (Å²) in [4.78, 5) is 14.7. The van der Waals surface area contributed by atoms with Gasteiger partial charge < -0.3 is 15.5 Å². The highest BCUT2D eigenvalue weighted by Gasteiger charge is 2.12. The van der Waals surface area contributed by atoms with E-state index in [-0.39, 0.29) is 12.5 Å². The van der Waals surface area contributed by atoms with Gasteiger partial charge in [-0.15, -0.1) is 0 Å². The number of carbonyl (C=O) groups is 1. The zero-order valence-electron chi connectivity index (χ0n) is 15.4. The average molecular weight is 337 g/mol. The molecule has 0 atom stereocenters. The van der Waals surface area contributed by atoms with Crippen molar-refractivity contribution in [2.24, 2.45) is 0 Å². The summed E-state index contributed by atoms with van der Waals surface area (Å²) in [5.74, 6) is -0.0290. The van der Waals surface area contributed by atoms with Crippen molar-refractivity contribution in [1.82, 2.24) is 0 Å². The number of carbonyl (C=O) groups excluding carboxylic acids is 1. The average Bonchev–Trinajstić information content (AvgIpc) is 3.11. The van der Waals surface area contributed by atoms with Gasteiger partial charge in [-0.05, 0) is 69.0 Å². The number of anilines is 3. The van der Waals surface area contributed by atoms with Crippen molar-refractivity contribution < 1.29 is 4.79 Å². The van der Waals surface area contributed by atoms with Gasteiger partial charge in [0.1, 0.15) is 0 Å². The molecule has 25 heavy (non-hydrogen) atoms. The van der Waals surface area contributed by atoms with Crippen molar-refractivity contribution in [1.29, 1.82) is 0 Å². The number of hydrogen-bond acceptors (Lipinski definition) is 3. The topological polar surface area (TPSA) is 44.4 Å². The minimum atomic E-state index is -0.0290. The van der Waals surface area contributed by atoms with E-state index in [2.05, 4.69) is 46.7 Å². The van der Waals surface area contributed by atoms with E-state index >= 15 is 0 Å². The van der Waals surface area contributed by atoms with Crippen molar-refractivity contribution in [2.45, 2.75) is 33.6 Å². The molecule has 1 aliphatic heterocycles. The molecule has 1 fully saturated rings. The molecule has 0 bridgehead atoms. The maximum Gasteiger partial charge on any atom is 0.243 e. The second kappa shape index (κ2) is 7.60. The zero-order valence-corrected chi connectivity index (χ0v) is 15.4. The van der Waals surface area contributed by atoms with E-state index in [0.29, 0.717) is 0 Å². The Hall–Kier alpha value is -2.49. The molecule has 2 N–H and O–H groups in total. The fourth-order valence-corrected chi connectivity index (χ4v) is 3.51. The molecule has 0 spiro atoms. The molecule has 1 amide bonds. The Balaban J connectivity index is 1.55. The number of hydrogen-bond donors (Lipinski definition) is 2. The van der Waals surface area contributed by atoms with Crippen LogP contribution in [0.15, 0.2) is 36.4 Å². The van der Waals surface area contributed by atoms with Gasteiger partial charge in [0, 0.05) is 30.2 Å². The Labute approximate surface area is 150 Å². The predicted octanol–water partition coefficient (Wildman–Crippen LogP) is 4.26. The molecule has 2 aromatic carbocycles. The molecule has 0 aliphatic carbocycles. The number of amides is 1. The summed E-state index contributed by atoms with van der Waals surface area (Å²) in [6.45, 7) is 8.67. The minimum absolute atomic E-state index is 0.0290. The van der Waals surface area contributed by atoms with E-state index in [1.807, 2.05) is 26.0 Å². The molecule has 4 heteroatoms. The first-order valence-corrected chi connectivity index (χ1v) is 8.99. The summed E-state index contributed by atoms with van der Waals surface area (Å²) in [6.07, 6.45) is 2.55. The molecule has 4 nitrogen and oxygen atoms in total. The molecular weight excluding hydrogens is 310 g/mol. The highest BCUT2D eigenvalue weighted by atomic mass is 16.1. The van der Waals surface area contributed by atoms with Gasteiger partial charge in [0.05, 0.1) is 6.54 Å². The van der Waals surface area contributed by atoms with E-state index in [1.54, 1.807) is 0 Å². The van der Waals surface area contributed by atoms with Crippen LogP contribution >= 0.6 is 0 Å². The lowest BCUT2D eigenvalue weighted by atomic mass is 10.1. The van der Waals surface area contributed by atoms with Crippen LogP contribution in [0, 0.1) is 20.8 Å². The molecule has 0 saturated carbocycles. The van der Waals surface area contributed by atoms with E-state index in [4.69, 9.17) is 0 Å². The molecule has 0 unspecified atom stereocenters. The van der Waals surface area contributed by atoms with E-state index < -0.39 is 0 Å². The summed E-state index contributed by atoms with van der Waals surface area (Å²) < 4.78 is 0. The summed E-state index contributed by atoms with van der Waals surface area (Å²) in [5, 5.41) is 6.22. The third-order valence-electron chi connectivity index (χ3n) is 4.73. The lowest BCUT2D eigenvalue weighted by molar-refractivity contribution is -0.114. The van der Waals surface area contributed by atoms with Crippen LogP contribution in [0.4, 0.5) is 17.1 Å². The third-order valence-corrected chi connectivity index (χ3v) is 4.73. The second-order valence-corrected chi connectivity index (χ2v) is 6.92. The minimum Gasteiger partial charge on any atom is -0.376 e. The van der Waals surface area contributed by atoms with Gasteiger partial charge in [0.25, 0.3) is 0 Å². The van der Waals surface area contributed by atoms with Crippen LogP contribution < -0.4 is 15.5 Å². The van der Waals surface area contributed by atoms with E-state index in [9.17, 15) is 4.79 Å². The Morgan fingerprint density at radius 1 is 1.00 bits per heavy atom. The Bertz CT molecular complexity index is 723. The maximum absolute atomic E-state index is 12.3. The Kier molecular flexibility index (Phi) is 5.27. The van der Waals surface area contributed by atoms with Crippen LogP contribution in [0.25, 0.3) is 0 Å². The summed E-state index contributed by atoms with van der Waals surface area (Å²) in [6, 6.07) is 12.5. The molecule has 1 heterocycles. The van der Waals surface area contributed by atoms with Gasteiger partial charge in [0.15, 0.2) is 0 Å². The Morgan fingerprint density at radius 3 is 2.20 bits per heavy atom. The predicted molar refractivity (Wildman–Crippen MR) is 106 cm³/mol. The molecule has 0 radical (unpaired) electrons. The van der Waals surface area contributed by atoms with E-state index in [1.165, 1.54) is 24.1 Å². The first-order valence-electron chi connectivity index (χ1n) is 8.99. The van der Waals surface area contributed by atoms with Gasteiger partial charge >= 0.3 is 0 Å². The van der Waals surface area contributed by atoms with Crippen LogP contribution in [0.5, 0.6) is 0 Å². The molecule has 1 saturated heterocycles. The van der Waals surface area contributed by atoms with Crippen molar-refractivity contribution >= 4 is 23.0 Å². The molecule has 0 aromatic heterocycles. The second-order valence-electron chi connectivity index (χ2n) is 6.92. The number of benzene rings is 2. The van der Waals surface area contributed by atoms with Crippen LogP contribution in [-0.2, 0) is 4.79 Å². The van der Waals surface area contributed by atoms with Gasteiger partial charge in [-0.2, -0.15) is 0 Å². The highest BCUT2D eigenvalue weighted by Crippen LogP contribution is 2.23. The fourth-order valence-electron chi connectivity index (χ4n) is 3.51.